The summed E-state index contributed by atoms with van der Waals surface area (Å²) < 4.78 is 1.68. The van der Waals surface area contributed by atoms with Crippen molar-refractivity contribution in [3.8, 4) is 22.6 Å². The fourth-order valence-corrected chi connectivity index (χ4v) is 3.59. The van der Waals surface area contributed by atoms with E-state index in [1.54, 1.807) is 41.2 Å². The molecule has 0 aliphatic rings. The van der Waals surface area contributed by atoms with Crippen LogP contribution >= 0.6 is 23.2 Å². The third-order valence-electron chi connectivity index (χ3n) is 4.79. The SMILES string of the molecule is O=C(Nc1cccc(-c2ccc3nnc(-c4ccncc4)n3n2)c1)Nc1cc(Cl)ccc1Cl. The van der Waals surface area contributed by atoms with Gasteiger partial charge in [0.25, 0.3) is 0 Å². The maximum Gasteiger partial charge on any atom is 0.323 e. The van der Waals surface area contributed by atoms with Gasteiger partial charge in [-0.15, -0.1) is 10.2 Å². The molecule has 33 heavy (non-hydrogen) atoms. The molecular weight excluding hydrogens is 461 g/mol. The van der Waals surface area contributed by atoms with Crippen molar-refractivity contribution in [1.29, 1.82) is 0 Å². The van der Waals surface area contributed by atoms with Gasteiger partial charge in [0.05, 0.1) is 16.4 Å². The number of benzene rings is 2. The lowest BCUT2D eigenvalue weighted by Crippen LogP contribution is -2.19. The molecule has 10 heteroatoms. The van der Waals surface area contributed by atoms with Crippen LogP contribution < -0.4 is 10.6 Å². The van der Waals surface area contributed by atoms with Crippen LogP contribution in [0.15, 0.2) is 79.1 Å². The Morgan fingerprint density at radius 2 is 1.70 bits per heavy atom. The van der Waals surface area contributed by atoms with Crippen LogP contribution in [-0.4, -0.2) is 30.8 Å². The third-order valence-corrected chi connectivity index (χ3v) is 5.36. The van der Waals surface area contributed by atoms with Crippen LogP contribution in [0.1, 0.15) is 0 Å². The van der Waals surface area contributed by atoms with Gasteiger partial charge >= 0.3 is 6.03 Å². The first-order chi connectivity index (χ1) is 16.1. The summed E-state index contributed by atoms with van der Waals surface area (Å²) in [5, 5.41) is 19.5. The summed E-state index contributed by atoms with van der Waals surface area (Å²) >= 11 is 12.1. The van der Waals surface area contributed by atoms with Gasteiger partial charge in [0.15, 0.2) is 11.5 Å². The average Bonchev–Trinajstić information content (AvgIpc) is 3.25. The summed E-state index contributed by atoms with van der Waals surface area (Å²) in [5.41, 5.74) is 3.99. The number of anilines is 2. The fourth-order valence-electron chi connectivity index (χ4n) is 3.26. The molecule has 0 saturated carbocycles. The van der Waals surface area contributed by atoms with E-state index in [0.29, 0.717) is 38.6 Å². The maximum absolute atomic E-state index is 12.5. The third kappa shape index (κ3) is 4.48. The quantitative estimate of drug-likeness (QED) is 0.342. The summed E-state index contributed by atoms with van der Waals surface area (Å²) in [6.07, 6.45) is 3.38. The zero-order chi connectivity index (χ0) is 22.8. The highest BCUT2D eigenvalue weighted by Gasteiger charge is 2.12. The van der Waals surface area contributed by atoms with E-state index in [9.17, 15) is 4.79 Å². The van der Waals surface area contributed by atoms with Gasteiger partial charge in [-0.3, -0.25) is 4.98 Å². The highest BCUT2D eigenvalue weighted by atomic mass is 35.5. The average molecular weight is 476 g/mol. The van der Waals surface area contributed by atoms with E-state index in [2.05, 4.69) is 25.8 Å². The zero-order valence-corrected chi connectivity index (χ0v) is 18.4. The number of pyridine rings is 1. The second kappa shape index (κ2) is 8.85. The van der Waals surface area contributed by atoms with E-state index >= 15 is 0 Å². The summed E-state index contributed by atoms with van der Waals surface area (Å²) in [5.74, 6) is 0.612. The van der Waals surface area contributed by atoms with Crippen LogP contribution in [0, 0.1) is 0 Å². The monoisotopic (exact) mass is 475 g/mol. The van der Waals surface area contributed by atoms with Gasteiger partial charge in [-0.05, 0) is 54.6 Å². The number of aromatic nitrogens is 5. The van der Waals surface area contributed by atoms with Gasteiger partial charge in [0.1, 0.15) is 0 Å². The lowest BCUT2D eigenvalue weighted by Gasteiger charge is -2.10. The Balaban J connectivity index is 1.41. The predicted molar refractivity (Wildman–Crippen MR) is 129 cm³/mol. The number of fused-ring (bicyclic) bond motifs is 1. The fraction of sp³-hybridized carbons (Fsp3) is 0. The topological polar surface area (TPSA) is 97.1 Å². The number of hydrogen-bond acceptors (Lipinski definition) is 5. The Labute approximate surface area is 198 Å². The van der Waals surface area contributed by atoms with Crippen LogP contribution in [0.5, 0.6) is 0 Å². The number of rotatable bonds is 4. The molecule has 8 nitrogen and oxygen atoms in total. The van der Waals surface area contributed by atoms with Gasteiger partial charge in [-0.1, -0.05) is 35.3 Å². The molecule has 2 N–H and O–H groups in total. The largest absolute Gasteiger partial charge is 0.323 e. The zero-order valence-electron chi connectivity index (χ0n) is 16.9. The number of nitrogens with one attached hydrogen (secondary N) is 2. The highest BCUT2D eigenvalue weighted by molar-refractivity contribution is 6.35. The van der Waals surface area contributed by atoms with Crippen LogP contribution in [0.3, 0.4) is 0 Å². The second-order valence-electron chi connectivity index (χ2n) is 7.03. The van der Waals surface area contributed by atoms with Gasteiger partial charge < -0.3 is 10.6 Å². The molecule has 2 amide bonds. The molecule has 5 rings (SSSR count). The van der Waals surface area contributed by atoms with Crippen LogP contribution in [0.2, 0.25) is 10.0 Å². The molecule has 0 spiro atoms. The van der Waals surface area contributed by atoms with Gasteiger partial charge in [-0.2, -0.15) is 9.61 Å². The molecule has 162 valence electrons. The van der Waals surface area contributed by atoms with Crippen molar-refractivity contribution in [3.63, 3.8) is 0 Å². The standard InChI is InChI=1S/C23H15Cl2N7O/c24-16-4-5-18(25)20(13-16)28-23(33)27-17-3-1-2-15(12-17)19-6-7-21-29-30-22(32(21)31-19)14-8-10-26-11-9-14/h1-13H,(H2,27,28,33). The minimum atomic E-state index is -0.446. The lowest BCUT2D eigenvalue weighted by atomic mass is 10.1. The van der Waals surface area contributed by atoms with Crippen molar-refractivity contribution in [2.45, 2.75) is 0 Å². The number of halogens is 2. The number of carbonyl (C=O) groups is 1. The molecule has 2 aromatic carbocycles. The van der Waals surface area contributed by atoms with E-state index in [1.807, 2.05) is 42.5 Å². The smallest absolute Gasteiger partial charge is 0.308 e. The van der Waals surface area contributed by atoms with Gasteiger partial charge in [0.2, 0.25) is 0 Å². The van der Waals surface area contributed by atoms with E-state index in [4.69, 9.17) is 28.3 Å². The molecular formula is C23H15Cl2N7O. The molecule has 0 bridgehead atoms. The van der Waals surface area contributed by atoms with Gasteiger partial charge in [0, 0.05) is 34.2 Å². The molecule has 0 unspecified atom stereocenters. The lowest BCUT2D eigenvalue weighted by molar-refractivity contribution is 0.262. The molecule has 0 atom stereocenters. The van der Waals surface area contributed by atoms with Crippen molar-refractivity contribution < 1.29 is 4.79 Å². The highest BCUT2D eigenvalue weighted by Crippen LogP contribution is 2.26. The minimum absolute atomic E-state index is 0.389. The molecule has 0 radical (unpaired) electrons. The van der Waals surface area contributed by atoms with Gasteiger partial charge in [-0.25, -0.2) is 4.79 Å². The first-order valence-corrected chi connectivity index (χ1v) is 10.6. The van der Waals surface area contributed by atoms with E-state index in [-0.39, 0.29) is 0 Å². The number of carbonyl (C=O) groups excluding carboxylic acids is 1. The predicted octanol–water partition coefficient (Wildman–Crippen LogP) is 5.80. The van der Waals surface area contributed by atoms with Crippen molar-refractivity contribution in [2.24, 2.45) is 0 Å². The molecule has 0 saturated heterocycles. The molecule has 3 aromatic heterocycles. The van der Waals surface area contributed by atoms with Crippen LogP contribution in [0.25, 0.3) is 28.3 Å². The van der Waals surface area contributed by atoms with Crippen LogP contribution in [-0.2, 0) is 0 Å². The second-order valence-corrected chi connectivity index (χ2v) is 7.88. The number of hydrogen-bond donors (Lipinski definition) is 2. The Morgan fingerprint density at radius 1 is 0.848 bits per heavy atom. The first-order valence-electron chi connectivity index (χ1n) is 9.83. The molecule has 3 heterocycles. The van der Waals surface area contributed by atoms with Crippen molar-refractivity contribution in [3.05, 3.63) is 89.2 Å². The number of amides is 2. The van der Waals surface area contributed by atoms with Crippen molar-refractivity contribution in [2.75, 3.05) is 10.6 Å². The summed E-state index contributed by atoms with van der Waals surface area (Å²) in [6.45, 7) is 0. The summed E-state index contributed by atoms with van der Waals surface area (Å²) in [7, 11) is 0. The minimum Gasteiger partial charge on any atom is -0.308 e. The Morgan fingerprint density at radius 3 is 2.55 bits per heavy atom. The van der Waals surface area contributed by atoms with Crippen molar-refractivity contribution in [1.82, 2.24) is 24.8 Å². The Bertz CT molecular complexity index is 1470. The normalized spacial score (nSPS) is 10.8. The number of nitrogens with zero attached hydrogens (tertiary/aromatic N) is 5. The Kier molecular flexibility index (Phi) is 5.60. The van der Waals surface area contributed by atoms with E-state index < -0.39 is 6.03 Å². The molecule has 0 fully saturated rings. The summed E-state index contributed by atoms with van der Waals surface area (Å²) in [4.78, 5) is 16.5. The maximum atomic E-state index is 12.5. The molecule has 0 aliphatic heterocycles. The first kappa shape index (κ1) is 20.9. The molecule has 5 aromatic rings. The van der Waals surface area contributed by atoms with Crippen molar-refractivity contribution >= 4 is 46.3 Å². The van der Waals surface area contributed by atoms with Crippen LogP contribution in [0.4, 0.5) is 16.2 Å². The van der Waals surface area contributed by atoms with E-state index in [0.717, 1.165) is 11.1 Å². The summed E-state index contributed by atoms with van der Waals surface area (Å²) in [6, 6.07) is 19.1. The molecule has 0 aliphatic carbocycles. The number of urea groups is 1. The Hall–Kier alpha value is -4.01. The van der Waals surface area contributed by atoms with E-state index in [1.165, 1.54) is 0 Å².